The van der Waals surface area contributed by atoms with Crippen LogP contribution in [0.2, 0.25) is 0 Å². The van der Waals surface area contributed by atoms with E-state index in [0.717, 1.165) is 5.56 Å². The maximum Gasteiger partial charge on any atom is 0.271 e. The maximum atomic E-state index is 12.2. The fourth-order valence-corrected chi connectivity index (χ4v) is 2.26. The number of nitrogens with zero attached hydrogens (tertiary/aromatic N) is 4. The summed E-state index contributed by atoms with van der Waals surface area (Å²) in [6, 6.07) is 14.0. The number of ether oxygens (including phenoxy) is 2. The zero-order chi connectivity index (χ0) is 20.3. The highest BCUT2D eigenvalue weighted by Gasteiger charge is 2.07. The van der Waals surface area contributed by atoms with Gasteiger partial charge in [-0.25, -0.2) is 10.4 Å². The number of carbonyl (C=O) groups excluding carboxylic acids is 1. The van der Waals surface area contributed by atoms with E-state index in [2.05, 4.69) is 25.5 Å². The second-order valence-corrected chi connectivity index (χ2v) is 5.68. The Balaban J connectivity index is 1.75. The van der Waals surface area contributed by atoms with Crippen LogP contribution in [0, 0.1) is 0 Å². The molecule has 29 heavy (non-hydrogen) atoms. The molecule has 0 aliphatic carbocycles. The van der Waals surface area contributed by atoms with Crippen molar-refractivity contribution in [1.82, 2.24) is 15.4 Å². The summed E-state index contributed by atoms with van der Waals surface area (Å²) in [5, 5.41) is 4.10. The van der Waals surface area contributed by atoms with Crippen molar-refractivity contribution in [2.24, 2.45) is 10.1 Å². The predicted octanol–water partition coefficient (Wildman–Crippen LogP) is 2.73. The van der Waals surface area contributed by atoms with Gasteiger partial charge in [0, 0.05) is 36.6 Å². The van der Waals surface area contributed by atoms with Gasteiger partial charge in [0.05, 0.1) is 7.11 Å². The number of nitrogens with one attached hydrogen (secondary N) is 1. The second-order valence-electron chi connectivity index (χ2n) is 5.68. The summed E-state index contributed by atoms with van der Waals surface area (Å²) < 4.78 is 11.1. The van der Waals surface area contributed by atoms with Gasteiger partial charge in [0.1, 0.15) is 6.61 Å². The molecule has 0 aliphatic rings. The van der Waals surface area contributed by atoms with Crippen molar-refractivity contribution in [3.63, 3.8) is 0 Å². The molecule has 0 aliphatic heterocycles. The summed E-state index contributed by atoms with van der Waals surface area (Å²) in [5.41, 5.74) is 3.76. The van der Waals surface area contributed by atoms with Crippen molar-refractivity contribution in [3.05, 3.63) is 84.4 Å². The number of amides is 1. The molecule has 2 heterocycles. The van der Waals surface area contributed by atoms with Gasteiger partial charge in [-0.1, -0.05) is 12.1 Å². The smallest absolute Gasteiger partial charge is 0.271 e. The molecule has 0 radical (unpaired) electrons. The number of carbonyl (C=O) groups is 1. The number of hydrazone groups is 1. The summed E-state index contributed by atoms with van der Waals surface area (Å²) in [7, 11) is 1.56. The van der Waals surface area contributed by atoms with E-state index in [0.29, 0.717) is 17.1 Å². The fourth-order valence-electron chi connectivity index (χ4n) is 2.26. The number of methoxy groups -OCH3 is 1. The number of aromatic nitrogens is 2. The number of para-hydroxylation sites is 2. The van der Waals surface area contributed by atoms with E-state index in [4.69, 9.17) is 9.47 Å². The SMILES string of the molecule is COc1ccccc1OC/C(N=Cc1ccncc1)=N\NC(=O)c1ccncc1. The van der Waals surface area contributed by atoms with Crippen LogP contribution >= 0.6 is 0 Å². The van der Waals surface area contributed by atoms with Crippen LogP contribution < -0.4 is 14.9 Å². The van der Waals surface area contributed by atoms with Crippen LogP contribution in [0.15, 0.2) is 83.4 Å². The monoisotopic (exact) mass is 389 g/mol. The topological polar surface area (TPSA) is 98.1 Å². The third-order valence-corrected chi connectivity index (χ3v) is 3.72. The van der Waals surface area contributed by atoms with Gasteiger partial charge in [-0.3, -0.25) is 14.8 Å². The molecule has 0 fully saturated rings. The van der Waals surface area contributed by atoms with Crippen LogP contribution in [0.3, 0.4) is 0 Å². The highest BCUT2D eigenvalue weighted by molar-refractivity contribution is 5.98. The molecule has 146 valence electrons. The normalized spacial score (nSPS) is 11.3. The lowest BCUT2D eigenvalue weighted by atomic mass is 10.3. The molecule has 0 bridgehead atoms. The van der Waals surface area contributed by atoms with E-state index in [9.17, 15) is 4.79 Å². The van der Waals surface area contributed by atoms with Crippen molar-refractivity contribution in [3.8, 4) is 11.5 Å². The van der Waals surface area contributed by atoms with E-state index in [1.165, 1.54) is 12.4 Å². The first-order valence-electron chi connectivity index (χ1n) is 8.73. The van der Waals surface area contributed by atoms with Crippen LogP contribution in [0.1, 0.15) is 15.9 Å². The minimum absolute atomic E-state index is 0.0264. The lowest BCUT2D eigenvalue weighted by Crippen LogP contribution is -2.21. The molecule has 0 unspecified atom stereocenters. The van der Waals surface area contributed by atoms with E-state index in [1.54, 1.807) is 62.1 Å². The number of aliphatic imine (C=N–C) groups is 1. The molecule has 0 spiro atoms. The summed E-state index contributed by atoms with van der Waals surface area (Å²) in [6.45, 7) is 0.0264. The molecule has 8 heteroatoms. The van der Waals surface area contributed by atoms with E-state index >= 15 is 0 Å². The highest BCUT2D eigenvalue weighted by atomic mass is 16.5. The average molecular weight is 389 g/mol. The van der Waals surface area contributed by atoms with E-state index in [-0.39, 0.29) is 18.3 Å². The minimum Gasteiger partial charge on any atom is -0.493 e. The Hall–Kier alpha value is -4.07. The molecule has 8 nitrogen and oxygen atoms in total. The van der Waals surface area contributed by atoms with Gasteiger partial charge < -0.3 is 9.47 Å². The highest BCUT2D eigenvalue weighted by Crippen LogP contribution is 2.25. The zero-order valence-corrected chi connectivity index (χ0v) is 15.7. The van der Waals surface area contributed by atoms with Gasteiger partial charge in [0.15, 0.2) is 17.3 Å². The van der Waals surface area contributed by atoms with Crippen LogP contribution in [0.25, 0.3) is 0 Å². The van der Waals surface area contributed by atoms with Crippen molar-refractivity contribution in [2.75, 3.05) is 13.7 Å². The molecule has 1 N–H and O–H groups in total. The number of hydrogen-bond donors (Lipinski definition) is 1. The van der Waals surface area contributed by atoms with E-state index in [1.807, 2.05) is 12.1 Å². The van der Waals surface area contributed by atoms with Gasteiger partial charge >= 0.3 is 0 Å². The molecule has 1 amide bonds. The first kappa shape index (κ1) is 19.7. The van der Waals surface area contributed by atoms with Crippen molar-refractivity contribution >= 4 is 18.0 Å². The lowest BCUT2D eigenvalue weighted by molar-refractivity contribution is 0.0954. The van der Waals surface area contributed by atoms with Crippen molar-refractivity contribution < 1.29 is 14.3 Å². The Morgan fingerprint density at radius 2 is 1.66 bits per heavy atom. The quantitative estimate of drug-likeness (QED) is 0.381. The van der Waals surface area contributed by atoms with Gasteiger partial charge in [-0.15, -0.1) is 0 Å². The first-order valence-corrected chi connectivity index (χ1v) is 8.73. The maximum absolute atomic E-state index is 12.2. The summed E-state index contributed by atoms with van der Waals surface area (Å²) in [4.78, 5) is 24.4. The molecule has 0 atom stereocenters. The number of rotatable bonds is 7. The molecule has 3 rings (SSSR count). The Morgan fingerprint density at radius 3 is 2.34 bits per heavy atom. The third kappa shape index (κ3) is 5.96. The van der Waals surface area contributed by atoms with Crippen LogP contribution in [-0.2, 0) is 0 Å². The first-order chi connectivity index (χ1) is 14.3. The summed E-state index contributed by atoms with van der Waals surface area (Å²) >= 11 is 0. The molecule has 1 aromatic carbocycles. The largest absolute Gasteiger partial charge is 0.493 e. The molecular formula is C21H19N5O3. The fraction of sp³-hybridized carbons (Fsp3) is 0.0952. The zero-order valence-electron chi connectivity index (χ0n) is 15.7. The summed E-state index contributed by atoms with van der Waals surface area (Å²) in [5.74, 6) is 1.03. The number of hydrogen-bond acceptors (Lipinski definition) is 6. The van der Waals surface area contributed by atoms with Gasteiger partial charge in [-0.05, 0) is 42.0 Å². The Kier molecular flexibility index (Phi) is 7.00. The number of pyridine rings is 2. The predicted molar refractivity (Wildman–Crippen MR) is 109 cm³/mol. The Morgan fingerprint density at radius 1 is 1.00 bits per heavy atom. The van der Waals surface area contributed by atoms with Crippen molar-refractivity contribution in [1.29, 1.82) is 0 Å². The van der Waals surface area contributed by atoms with Crippen LogP contribution in [-0.4, -0.2) is 41.6 Å². The average Bonchev–Trinajstić information content (AvgIpc) is 2.79. The molecular weight excluding hydrogens is 370 g/mol. The number of benzene rings is 1. The van der Waals surface area contributed by atoms with Crippen molar-refractivity contribution in [2.45, 2.75) is 0 Å². The van der Waals surface area contributed by atoms with Crippen LogP contribution in [0.4, 0.5) is 0 Å². The lowest BCUT2D eigenvalue weighted by Gasteiger charge is -2.10. The Labute approximate surface area is 168 Å². The molecule has 2 aromatic heterocycles. The summed E-state index contributed by atoms with van der Waals surface area (Å²) in [6.07, 6.45) is 8.01. The van der Waals surface area contributed by atoms with Gasteiger partial charge in [-0.2, -0.15) is 5.10 Å². The molecule has 0 saturated carbocycles. The van der Waals surface area contributed by atoms with E-state index < -0.39 is 0 Å². The minimum atomic E-state index is -0.374. The number of amidine groups is 1. The van der Waals surface area contributed by atoms with Gasteiger partial charge in [0.2, 0.25) is 0 Å². The Bertz CT molecular complexity index is 991. The second kappa shape index (κ2) is 10.3. The third-order valence-electron chi connectivity index (χ3n) is 3.72. The van der Waals surface area contributed by atoms with Gasteiger partial charge in [0.25, 0.3) is 5.91 Å². The van der Waals surface area contributed by atoms with Crippen LogP contribution in [0.5, 0.6) is 11.5 Å². The molecule has 0 saturated heterocycles. The molecule has 3 aromatic rings. The standard InChI is InChI=1S/C21H19N5O3/c1-28-18-4-2-3-5-19(18)29-15-20(24-14-16-6-10-22-11-7-16)25-26-21(27)17-8-12-23-13-9-17/h2-14H,15H2,1H3,(H,26,27)/b24-14?,25-20+.